The standard InChI is InChI=1S/C23H24N2O5/c1-29-18-11-8-17(9-12-18)10-13-21(26)24-20-7-3-2-6-19(20)23(28)30-16-22(27)25-14-4-5-15-25/h2-3,6-13H,4-5,14-16H2,1H3,(H,24,26)/b13-10+. The van der Waals surface area contributed by atoms with Gasteiger partial charge in [-0.05, 0) is 48.7 Å². The lowest BCUT2D eigenvalue weighted by atomic mass is 10.1. The molecule has 0 aromatic heterocycles. The number of carbonyl (C=O) groups excluding carboxylic acids is 3. The van der Waals surface area contributed by atoms with Crippen molar-refractivity contribution < 1.29 is 23.9 Å². The Kier molecular flexibility index (Phi) is 7.21. The number of amides is 2. The van der Waals surface area contributed by atoms with Crippen LogP contribution in [-0.4, -0.2) is 49.5 Å². The Labute approximate surface area is 175 Å². The van der Waals surface area contributed by atoms with E-state index in [4.69, 9.17) is 9.47 Å². The van der Waals surface area contributed by atoms with Crippen LogP contribution in [-0.2, 0) is 14.3 Å². The van der Waals surface area contributed by atoms with Gasteiger partial charge < -0.3 is 19.7 Å². The maximum absolute atomic E-state index is 12.4. The molecule has 0 saturated carbocycles. The monoisotopic (exact) mass is 408 g/mol. The number of anilines is 1. The molecule has 3 rings (SSSR count). The van der Waals surface area contributed by atoms with Gasteiger partial charge >= 0.3 is 5.97 Å². The molecular weight excluding hydrogens is 384 g/mol. The molecule has 0 atom stereocenters. The zero-order valence-corrected chi connectivity index (χ0v) is 16.8. The van der Waals surface area contributed by atoms with E-state index in [1.54, 1.807) is 54.5 Å². The average Bonchev–Trinajstić information content (AvgIpc) is 3.31. The molecule has 0 unspecified atom stereocenters. The van der Waals surface area contributed by atoms with Gasteiger partial charge in [-0.3, -0.25) is 9.59 Å². The quantitative estimate of drug-likeness (QED) is 0.562. The normalized spacial score (nSPS) is 13.3. The third kappa shape index (κ3) is 5.70. The summed E-state index contributed by atoms with van der Waals surface area (Å²) in [6, 6.07) is 13.8. The lowest BCUT2D eigenvalue weighted by Crippen LogP contribution is -2.32. The Morgan fingerprint density at radius 3 is 2.43 bits per heavy atom. The largest absolute Gasteiger partial charge is 0.497 e. The Morgan fingerprint density at radius 2 is 1.73 bits per heavy atom. The lowest BCUT2D eigenvalue weighted by Gasteiger charge is -2.15. The number of likely N-dealkylation sites (tertiary alicyclic amines) is 1. The summed E-state index contributed by atoms with van der Waals surface area (Å²) in [6.07, 6.45) is 4.97. The van der Waals surface area contributed by atoms with Crippen molar-refractivity contribution in [2.75, 3.05) is 32.1 Å². The number of methoxy groups -OCH3 is 1. The minimum atomic E-state index is -0.655. The van der Waals surface area contributed by atoms with Crippen LogP contribution in [0.25, 0.3) is 6.08 Å². The van der Waals surface area contributed by atoms with E-state index in [0.29, 0.717) is 18.8 Å². The van der Waals surface area contributed by atoms with Crippen molar-refractivity contribution in [2.45, 2.75) is 12.8 Å². The molecule has 1 N–H and O–H groups in total. The fourth-order valence-corrected chi connectivity index (χ4v) is 3.09. The Bertz CT molecular complexity index is 931. The van der Waals surface area contributed by atoms with Crippen LogP contribution >= 0.6 is 0 Å². The smallest absolute Gasteiger partial charge is 0.340 e. The van der Waals surface area contributed by atoms with Crippen molar-refractivity contribution in [3.05, 3.63) is 65.7 Å². The molecule has 2 aromatic carbocycles. The number of para-hydroxylation sites is 1. The molecule has 2 amide bonds. The number of carbonyl (C=O) groups is 3. The van der Waals surface area contributed by atoms with Crippen molar-refractivity contribution in [3.63, 3.8) is 0 Å². The first-order valence-corrected chi connectivity index (χ1v) is 9.74. The third-order valence-corrected chi connectivity index (χ3v) is 4.73. The van der Waals surface area contributed by atoms with Gasteiger partial charge in [0, 0.05) is 19.2 Å². The summed E-state index contributed by atoms with van der Waals surface area (Å²) in [5.74, 6) is -0.520. The van der Waals surface area contributed by atoms with E-state index in [0.717, 1.165) is 24.2 Å². The minimum Gasteiger partial charge on any atom is -0.497 e. The Balaban J connectivity index is 1.59. The van der Waals surface area contributed by atoms with Crippen molar-refractivity contribution in [1.82, 2.24) is 4.90 Å². The average molecular weight is 408 g/mol. The van der Waals surface area contributed by atoms with E-state index in [9.17, 15) is 14.4 Å². The first kappa shape index (κ1) is 21.1. The number of hydrogen-bond acceptors (Lipinski definition) is 5. The number of nitrogens with zero attached hydrogens (tertiary/aromatic N) is 1. The molecule has 0 bridgehead atoms. The number of nitrogens with one attached hydrogen (secondary N) is 1. The van der Waals surface area contributed by atoms with E-state index in [1.807, 2.05) is 12.1 Å². The van der Waals surface area contributed by atoms with E-state index in [1.165, 1.54) is 6.08 Å². The summed E-state index contributed by atoms with van der Waals surface area (Å²) in [7, 11) is 1.59. The van der Waals surface area contributed by atoms with E-state index >= 15 is 0 Å². The van der Waals surface area contributed by atoms with Crippen LogP contribution in [0.5, 0.6) is 5.75 Å². The molecule has 1 aliphatic rings. The molecule has 1 fully saturated rings. The maximum Gasteiger partial charge on any atom is 0.340 e. The van der Waals surface area contributed by atoms with Gasteiger partial charge in [0.15, 0.2) is 6.61 Å². The summed E-state index contributed by atoms with van der Waals surface area (Å²) in [5, 5.41) is 2.68. The van der Waals surface area contributed by atoms with Crippen molar-refractivity contribution in [2.24, 2.45) is 0 Å². The predicted octanol–water partition coefficient (Wildman–Crippen LogP) is 3.13. The fraction of sp³-hybridized carbons (Fsp3) is 0.261. The molecule has 1 heterocycles. The fourth-order valence-electron chi connectivity index (χ4n) is 3.09. The van der Waals surface area contributed by atoms with Crippen LogP contribution < -0.4 is 10.1 Å². The summed E-state index contributed by atoms with van der Waals surface area (Å²) in [4.78, 5) is 38.5. The van der Waals surface area contributed by atoms with Crippen molar-refractivity contribution >= 4 is 29.5 Å². The molecule has 7 heteroatoms. The molecule has 7 nitrogen and oxygen atoms in total. The van der Waals surface area contributed by atoms with Gasteiger partial charge in [0.2, 0.25) is 5.91 Å². The first-order valence-electron chi connectivity index (χ1n) is 9.74. The van der Waals surface area contributed by atoms with Gasteiger partial charge in [-0.2, -0.15) is 0 Å². The highest BCUT2D eigenvalue weighted by Gasteiger charge is 2.20. The van der Waals surface area contributed by atoms with Gasteiger partial charge in [0.1, 0.15) is 5.75 Å². The molecular formula is C23H24N2O5. The maximum atomic E-state index is 12.4. The SMILES string of the molecule is COc1ccc(/C=C/C(=O)Nc2ccccc2C(=O)OCC(=O)N2CCCC2)cc1. The first-order chi connectivity index (χ1) is 14.6. The minimum absolute atomic E-state index is 0.193. The topological polar surface area (TPSA) is 84.9 Å². The van der Waals surface area contributed by atoms with Crippen molar-refractivity contribution in [3.8, 4) is 5.75 Å². The van der Waals surface area contributed by atoms with E-state index in [2.05, 4.69) is 5.32 Å². The molecule has 0 radical (unpaired) electrons. The van der Waals surface area contributed by atoms with Crippen LogP contribution in [0.2, 0.25) is 0 Å². The van der Waals surface area contributed by atoms with Gasteiger partial charge in [-0.1, -0.05) is 24.3 Å². The molecule has 1 aliphatic heterocycles. The lowest BCUT2D eigenvalue weighted by molar-refractivity contribution is -0.133. The highest BCUT2D eigenvalue weighted by Crippen LogP contribution is 2.17. The number of benzene rings is 2. The van der Waals surface area contributed by atoms with Gasteiger partial charge in [0.25, 0.3) is 5.91 Å². The second kappa shape index (κ2) is 10.2. The van der Waals surface area contributed by atoms with Crippen LogP contribution in [0.15, 0.2) is 54.6 Å². The van der Waals surface area contributed by atoms with Gasteiger partial charge in [-0.25, -0.2) is 4.79 Å². The second-order valence-corrected chi connectivity index (χ2v) is 6.81. The van der Waals surface area contributed by atoms with E-state index < -0.39 is 5.97 Å². The summed E-state index contributed by atoms with van der Waals surface area (Å²) in [5.41, 5.74) is 1.34. The molecule has 156 valence electrons. The van der Waals surface area contributed by atoms with Crippen molar-refractivity contribution in [1.29, 1.82) is 0 Å². The molecule has 30 heavy (non-hydrogen) atoms. The number of esters is 1. The van der Waals surface area contributed by atoms with Gasteiger partial charge in [-0.15, -0.1) is 0 Å². The Hall–Kier alpha value is -3.61. The number of rotatable bonds is 7. The number of ether oxygens (including phenoxy) is 2. The highest BCUT2D eigenvalue weighted by molar-refractivity contribution is 6.06. The third-order valence-electron chi connectivity index (χ3n) is 4.73. The summed E-state index contributed by atoms with van der Waals surface area (Å²) >= 11 is 0. The highest BCUT2D eigenvalue weighted by atomic mass is 16.5. The van der Waals surface area contributed by atoms with E-state index in [-0.39, 0.29) is 24.0 Å². The summed E-state index contributed by atoms with van der Waals surface area (Å²) in [6.45, 7) is 1.09. The zero-order chi connectivity index (χ0) is 21.3. The molecule has 0 spiro atoms. The van der Waals surface area contributed by atoms with Crippen LogP contribution in [0, 0.1) is 0 Å². The zero-order valence-electron chi connectivity index (χ0n) is 16.8. The predicted molar refractivity (Wildman–Crippen MR) is 113 cm³/mol. The molecule has 2 aromatic rings. The second-order valence-electron chi connectivity index (χ2n) is 6.81. The van der Waals surface area contributed by atoms with Crippen LogP contribution in [0.4, 0.5) is 5.69 Å². The van der Waals surface area contributed by atoms with Crippen LogP contribution in [0.1, 0.15) is 28.8 Å². The molecule has 0 aliphatic carbocycles. The Morgan fingerprint density at radius 1 is 1.03 bits per heavy atom. The van der Waals surface area contributed by atoms with Crippen LogP contribution in [0.3, 0.4) is 0 Å². The molecule has 1 saturated heterocycles. The summed E-state index contributed by atoms with van der Waals surface area (Å²) < 4.78 is 10.3. The number of hydrogen-bond donors (Lipinski definition) is 1. The van der Waals surface area contributed by atoms with Gasteiger partial charge in [0.05, 0.1) is 18.4 Å².